The molecule has 0 radical (unpaired) electrons. The van der Waals surface area contributed by atoms with Crippen molar-refractivity contribution in [3.63, 3.8) is 0 Å². The summed E-state index contributed by atoms with van der Waals surface area (Å²) in [5.74, 6) is 1.34. The molecule has 1 aromatic carbocycles. The fourth-order valence-electron chi connectivity index (χ4n) is 1.16. The van der Waals surface area contributed by atoms with E-state index >= 15 is 0 Å². The maximum Gasteiger partial charge on any atom is 0.225 e. The fraction of sp³-hybridized carbons (Fsp3) is 0.100. The third-order valence-corrected chi connectivity index (χ3v) is 2.07. The molecule has 4 nitrogen and oxygen atoms in total. The van der Waals surface area contributed by atoms with E-state index in [1.165, 1.54) is 6.33 Å². The Labute approximate surface area is 91.9 Å². The molecule has 2 rings (SSSR count). The van der Waals surface area contributed by atoms with E-state index in [0.29, 0.717) is 5.82 Å². The summed E-state index contributed by atoms with van der Waals surface area (Å²) in [5, 5.41) is 0.191. The van der Waals surface area contributed by atoms with E-state index in [1.807, 2.05) is 24.3 Å². The van der Waals surface area contributed by atoms with E-state index in [-0.39, 0.29) is 5.28 Å². The minimum absolute atomic E-state index is 0.191. The number of ether oxygens (including phenoxy) is 1. The summed E-state index contributed by atoms with van der Waals surface area (Å²) >= 11 is 5.67. The Hall–Kier alpha value is -1.68. The monoisotopic (exact) mass is 221 g/mol. The van der Waals surface area contributed by atoms with Crippen LogP contribution in [0.25, 0.3) is 11.4 Å². The first kappa shape index (κ1) is 9.86. The van der Waals surface area contributed by atoms with Crippen molar-refractivity contribution < 1.29 is 4.74 Å². The molecule has 0 saturated heterocycles. The Bertz CT molecular complexity index is 458. The fourth-order valence-corrected chi connectivity index (χ4v) is 1.28. The zero-order valence-electron chi connectivity index (χ0n) is 8.01. The van der Waals surface area contributed by atoms with Crippen molar-refractivity contribution in [1.82, 2.24) is 15.0 Å². The van der Waals surface area contributed by atoms with Gasteiger partial charge in [0, 0.05) is 5.56 Å². The van der Waals surface area contributed by atoms with Gasteiger partial charge in [0.15, 0.2) is 5.82 Å². The number of aromatic nitrogens is 3. The predicted molar refractivity (Wildman–Crippen MR) is 56.8 cm³/mol. The van der Waals surface area contributed by atoms with Crippen LogP contribution in [0.5, 0.6) is 5.75 Å². The summed E-state index contributed by atoms with van der Waals surface area (Å²) in [7, 11) is 1.62. The van der Waals surface area contributed by atoms with Crippen molar-refractivity contribution in [1.29, 1.82) is 0 Å². The summed E-state index contributed by atoms with van der Waals surface area (Å²) in [4.78, 5) is 11.7. The first-order valence-corrected chi connectivity index (χ1v) is 4.66. The second-order valence-electron chi connectivity index (χ2n) is 2.81. The largest absolute Gasteiger partial charge is 0.497 e. The van der Waals surface area contributed by atoms with Crippen molar-refractivity contribution in [3.8, 4) is 17.1 Å². The molecule has 15 heavy (non-hydrogen) atoms. The van der Waals surface area contributed by atoms with Gasteiger partial charge in [0.2, 0.25) is 5.28 Å². The Morgan fingerprint density at radius 1 is 1.13 bits per heavy atom. The van der Waals surface area contributed by atoms with Gasteiger partial charge < -0.3 is 4.74 Å². The maximum absolute atomic E-state index is 5.67. The molecule has 0 N–H and O–H groups in total. The van der Waals surface area contributed by atoms with E-state index in [2.05, 4.69) is 15.0 Å². The van der Waals surface area contributed by atoms with Crippen LogP contribution in [0.1, 0.15) is 0 Å². The molecule has 1 heterocycles. The van der Waals surface area contributed by atoms with Crippen molar-refractivity contribution in [2.75, 3.05) is 7.11 Å². The zero-order chi connectivity index (χ0) is 10.7. The molecular formula is C10H8ClN3O. The summed E-state index contributed by atoms with van der Waals surface area (Å²) in [6.45, 7) is 0. The quantitative estimate of drug-likeness (QED) is 0.780. The molecule has 0 aliphatic heterocycles. The van der Waals surface area contributed by atoms with Crippen molar-refractivity contribution in [3.05, 3.63) is 35.9 Å². The third-order valence-electron chi connectivity index (χ3n) is 1.89. The molecule has 0 aliphatic rings. The van der Waals surface area contributed by atoms with Gasteiger partial charge in [0.1, 0.15) is 12.1 Å². The van der Waals surface area contributed by atoms with E-state index in [4.69, 9.17) is 16.3 Å². The van der Waals surface area contributed by atoms with Gasteiger partial charge in [-0.1, -0.05) is 0 Å². The summed E-state index contributed by atoms with van der Waals surface area (Å²) in [6, 6.07) is 7.41. The minimum Gasteiger partial charge on any atom is -0.497 e. The molecule has 0 saturated carbocycles. The lowest BCUT2D eigenvalue weighted by Crippen LogP contribution is -1.91. The highest BCUT2D eigenvalue weighted by atomic mass is 35.5. The standard InChI is InChI=1S/C10H8ClN3O/c1-15-8-4-2-7(3-5-8)9-12-6-13-10(11)14-9/h2-6H,1H3. The molecule has 0 bridgehead atoms. The average molecular weight is 222 g/mol. The number of nitrogens with zero attached hydrogens (tertiary/aromatic N) is 3. The van der Waals surface area contributed by atoms with Crippen molar-refractivity contribution in [2.24, 2.45) is 0 Å². The lowest BCUT2D eigenvalue weighted by Gasteiger charge is -2.01. The highest BCUT2D eigenvalue weighted by Crippen LogP contribution is 2.19. The van der Waals surface area contributed by atoms with Crippen LogP contribution in [0.15, 0.2) is 30.6 Å². The van der Waals surface area contributed by atoms with Crippen LogP contribution in [0.4, 0.5) is 0 Å². The van der Waals surface area contributed by atoms with Crippen molar-refractivity contribution in [2.45, 2.75) is 0 Å². The molecule has 1 aromatic heterocycles. The van der Waals surface area contributed by atoms with Crippen molar-refractivity contribution >= 4 is 11.6 Å². The normalized spacial score (nSPS) is 10.0. The number of rotatable bonds is 2. The lowest BCUT2D eigenvalue weighted by molar-refractivity contribution is 0.415. The molecule has 0 amide bonds. The Balaban J connectivity index is 2.37. The molecule has 2 aromatic rings. The summed E-state index contributed by atoms with van der Waals surface area (Å²) < 4.78 is 5.05. The molecule has 0 aliphatic carbocycles. The predicted octanol–water partition coefficient (Wildman–Crippen LogP) is 2.20. The second-order valence-corrected chi connectivity index (χ2v) is 3.14. The first-order chi connectivity index (χ1) is 7.29. The van der Waals surface area contributed by atoms with E-state index in [1.54, 1.807) is 7.11 Å². The molecule has 0 unspecified atom stereocenters. The molecule has 0 atom stereocenters. The highest BCUT2D eigenvalue weighted by molar-refractivity contribution is 6.28. The number of methoxy groups -OCH3 is 1. The third kappa shape index (κ3) is 2.22. The molecule has 0 spiro atoms. The van der Waals surface area contributed by atoms with Crippen LogP contribution in [0.3, 0.4) is 0 Å². The molecular weight excluding hydrogens is 214 g/mol. The van der Waals surface area contributed by atoms with Gasteiger partial charge >= 0.3 is 0 Å². The maximum atomic E-state index is 5.67. The van der Waals surface area contributed by atoms with Crippen LogP contribution in [-0.4, -0.2) is 22.1 Å². The Morgan fingerprint density at radius 2 is 1.87 bits per heavy atom. The average Bonchev–Trinajstić information content (AvgIpc) is 2.29. The molecule has 76 valence electrons. The molecule has 5 heteroatoms. The SMILES string of the molecule is COc1ccc(-c2ncnc(Cl)n2)cc1. The summed E-state index contributed by atoms with van der Waals surface area (Å²) in [6.07, 6.45) is 1.38. The van der Waals surface area contributed by atoms with Gasteiger partial charge in [-0.3, -0.25) is 0 Å². The Morgan fingerprint density at radius 3 is 2.47 bits per heavy atom. The zero-order valence-corrected chi connectivity index (χ0v) is 8.77. The van der Waals surface area contributed by atoms with Gasteiger partial charge in [-0.05, 0) is 35.9 Å². The van der Waals surface area contributed by atoms with Crippen LogP contribution in [0, 0.1) is 0 Å². The number of hydrogen-bond donors (Lipinski definition) is 0. The Kier molecular flexibility index (Phi) is 2.78. The number of hydrogen-bond acceptors (Lipinski definition) is 4. The van der Waals surface area contributed by atoms with Crippen LogP contribution in [-0.2, 0) is 0 Å². The second kappa shape index (κ2) is 4.23. The van der Waals surface area contributed by atoms with E-state index in [9.17, 15) is 0 Å². The van der Waals surface area contributed by atoms with E-state index < -0.39 is 0 Å². The number of halogens is 1. The minimum atomic E-state index is 0.191. The van der Waals surface area contributed by atoms with E-state index in [0.717, 1.165) is 11.3 Å². The first-order valence-electron chi connectivity index (χ1n) is 4.28. The number of benzene rings is 1. The van der Waals surface area contributed by atoms with Crippen LogP contribution in [0.2, 0.25) is 5.28 Å². The topological polar surface area (TPSA) is 47.9 Å². The van der Waals surface area contributed by atoms with Gasteiger partial charge in [0.25, 0.3) is 0 Å². The van der Waals surface area contributed by atoms with Crippen LogP contribution < -0.4 is 4.74 Å². The smallest absolute Gasteiger partial charge is 0.225 e. The highest BCUT2D eigenvalue weighted by Gasteiger charge is 2.02. The van der Waals surface area contributed by atoms with Gasteiger partial charge in [-0.25, -0.2) is 9.97 Å². The molecule has 0 fully saturated rings. The van der Waals surface area contributed by atoms with Gasteiger partial charge in [-0.15, -0.1) is 0 Å². The lowest BCUT2D eigenvalue weighted by atomic mass is 10.2. The van der Waals surface area contributed by atoms with Gasteiger partial charge in [0.05, 0.1) is 7.11 Å². The van der Waals surface area contributed by atoms with Gasteiger partial charge in [-0.2, -0.15) is 4.98 Å². The van der Waals surface area contributed by atoms with Crippen LogP contribution >= 0.6 is 11.6 Å². The summed E-state index contributed by atoms with van der Waals surface area (Å²) in [5.41, 5.74) is 0.875.